The molecule has 2 rings (SSSR count). The first kappa shape index (κ1) is 12.6. The van der Waals surface area contributed by atoms with Crippen molar-refractivity contribution in [3.63, 3.8) is 0 Å². The fourth-order valence-corrected chi connectivity index (χ4v) is 2.09. The van der Waals surface area contributed by atoms with Crippen LogP contribution in [0.15, 0.2) is 51.4 Å². The second-order valence-electron chi connectivity index (χ2n) is 3.45. The second kappa shape index (κ2) is 5.65. The fourth-order valence-electron chi connectivity index (χ4n) is 1.36. The molecule has 0 aliphatic rings. The zero-order valence-corrected chi connectivity index (χ0v) is 12.0. The van der Waals surface area contributed by atoms with E-state index in [-0.39, 0.29) is 12.4 Å². The Balaban J connectivity index is 2.10. The molecule has 0 unspecified atom stereocenters. The highest BCUT2D eigenvalue weighted by Crippen LogP contribution is 2.25. The van der Waals surface area contributed by atoms with Gasteiger partial charge in [0.25, 0.3) is 0 Å². The summed E-state index contributed by atoms with van der Waals surface area (Å²) in [5.41, 5.74) is 0.531. The second-order valence-corrected chi connectivity index (χ2v) is 5.22. The molecule has 0 bridgehead atoms. The van der Waals surface area contributed by atoms with Gasteiger partial charge in [-0.3, -0.25) is 0 Å². The Morgan fingerprint density at radius 3 is 2.53 bits per heavy atom. The van der Waals surface area contributed by atoms with E-state index < -0.39 is 0 Å². The molecule has 0 radical (unpaired) electrons. The Hall–Kier alpha value is -0.870. The molecule has 1 nitrogen and oxygen atoms in total. The van der Waals surface area contributed by atoms with E-state index in [1.165, 1.54) is 6.07 Å². The van der Waals surface area contributed by atoms with E-state index in [1.54, 1.807) is 12.1 Å². The molecule has 0 fully saturated rings. The van der Waals surface area contributed by atoms with Gasteiger partial charge < -0.3 is 4.74 Å². The first-order valence-electron chi connectivity index (χ1n) is 4.98. The lowest BCUT2D eigenvalue weighted by Crippen LogP contribution is -1.98. The van der Waals surface area contributed by atoms with Crippen LogP contribution in [0.2, 0.25) is 0 Å². The zero-order chi connectivity index (χ0) is 12.3. The highest BCUT2D eigenvalue weighted by molar-refractivity contribution is 9.10. The molecule has 2 aromatic rings. The molecule has 4 heteroatoms. The normalized spacial score (nSPS) is 10.3. The quantitative estimate of drug-likeness (QED) is 0.754. The number of para-hydroxylation sites is 1. The summed E-state index contributed by atoms with van der Waals surface area (Å²) >= 11 is 6.59. The first-order valence-corrected chi connectivity index (χ1v) is 6.56. The van der Waals surface area contributed by atoms with Crippen LogP contribution in [0.1, 0.15) is 5.56 Å². The van der Waals surface area contributed by atoms with Crippen molar-refractivity contribution in [2.24, 2.45) is 0 Å². The smallest absolute Gasteiger partial charge is 0.133 e. The van der Waals surface area contributed by atoms with Crippen molar-refractivity contribution in [2.75, 3.05) is 0 Å². The third-order valence-electron chi connectivity index (χ3n) is 2.23. The van der Waals surface area contributed by atoms with E-state index >= 15 is 0 Å². The van der Waals surface area contributed by atoms with Gasteiger partial charge in [-0.25, -0.2) is 4.39 Å². The van der Waals surface area contributed by atoms with Crippen molar-refractivity contribution < 1.29 is 9.13 Å². The van der Waals surface area contributed by atoms with Gasteiger partial charge in [0.1, 0.15) is 18.2 Å². The molecular formula is C13H9Br2FO. The van der Waals surface area contributed by atoms with Crippen molar-refractivity contribution in [1.82, 2.24) is 0 Å². The minimum absolute atomic E-state index is 0.210. The average Bonchev–Trinajstić information content (AvgIpc) is 2.30. The van der Waals surface area contributed by atoms with Crippen LogP contribution in [0.5, 0.6) is 5.75 Å². The zero-order valence-electron chi connectivity index (χ0n) is 8.79. The predicted molar refractivity (Wildman–Crippen MR) is 72.6 cm³/mol. The highest BCUT2D eigenvalue weighted by atomic mass is 79.9. The molecule has 0 saturated heterocycles. The van der Waals surface area contributed by atoms with E-state index in [1.807, 2.05) is 24.3 Å². The fraction of sp³-hybridized carbons (Fsp3) is 0.0769. The van der Waals surface area contributed by atoms with Crippen LogP contribution in [-0.2, 0) is 6.61 Å². The molecule has 88 valence electrons. The molecule has 0 aromatic heterocycles. The Morgan fingerprint density at radius 2 is 1.82 bits per heavy atom. The van der Waals surface area contributed by atoms with E-state index in [2.05, 4.69) is 31.9 Å². The van der Waals surface area contributed by atoms with E-state index in [0.29, 0.717) is 11.3 Å². The topological polar surface area (TPSA) is 9.23 Å². The van der Waals surface area contributed by atoms with Gasteiger partial charge in [0.2, 0.25) is 0 Å². The van der Waals surface area contributed by atoms with Crippen LogP contribution in [0, 0.1) is 5.82 Å². The largest absolute Gasteiger partial charge is 0.488 e. The van der Waals surface area contributed by atoms with Gasteiger partial charge in [0, 0.05) is 10.0 Å². The summed E-state index contributed by atoms with van der Waals surface area (Å²) in [6.07, 6.45) is 0. The summed E-state index contributed by atoms with van der Waals surface area (Å²) in [5, 5.41) is 0. The summed E-state index contributed by atoms with van der Waals surface area (Å²) in [6.45, 7) is 0.210. The van der Waals surface area contributed by atoms with Crippen molar-refractivity contribution >= 4 is 31.9 Å². The summed E-state index contributed by atoms with van der Waals surface area (Å²) in [4.78, 5) is 0. The molecular weight excluding hydrogens is 351 g/mol. The molecule has 0 heterocycles. The third kappa shape index (κ3) is 3.30. The number of hydrogen-bond acceptors (Lipinski definition) is 1. The minimum Gasteiger partial charge on any atom is -0.488 e. The maximum Gasteiger partial charge on any atom is 0.133 e. The number of halogens is 3. The van der Waals surface area contributed by atoms with Gasteiger partial charge in [0.15, 0.2) is 0 Å². The van der Waals surface area contributed by atoms with Gasteiger partial charge in [0.05, 0.1) is 4.47 Å². The van der Waals surface area contributed by atoms with Gasteiger partial charge in [-0.15, -0.1) is 0 Å². The Kier molecular flexibility index (Phi) is 4.18. The van der Waals surface area contributed by atoms with Gasteiger partial charge in [-0.1, -0.05) is 34.1 Å². The van der Waals surface area contributed by atoms with Crippen LogP contribution in [-0.4, -0.2) is 0 Å². The summed E-state index contributed by atoms with van der Waals surface area (Å²) in [7, 11) is 0. The van der Waals surface area contributed by atoms with E-state index in [4.69, 9.17) is 4.74 Å². The number of benzene rings is 2. The lowest BCUT2D eigenvalue weighted by molar-refractivity contribution is 0.298. The lowest BCUT2D eigenvalue weighted by atomic mass is 10.2. The maximum atomic E-state index is 13.5. The Morgan fingerprint density at radius 1 is 1.06 bits per heavy atom. The van der Waals surface area contributed by atoms with Crippen molar-refractivity contribution in [2.45, 2.75) is 6.61 Å². The van der Waals surface area contributed by atoms with Crippen molar-refractivity contribution in [1.29, 1.82) is 0 Å². The lowest BCUT2D eigenvalue weighted by Gasteiger charge is -2.08. The molecule has 17 heavy (non-hydrogen) atoms. The Labute approximate surface area is 116 Å². The Bertz CT molecular complexity index is 529. The molecule has 0 N–H and O–H groups in total. The monoisotopic (exact) mass is 358 g/mol. The summed E-state index contributed by atoms with van der Waals surface area (Å²) in [6, 6.07) is 12.4. The van der Waals surface area contributed by atoms with Crippen LogP contribution in [0.3, 0.4) is 0 Å². The molecule has 0 atom stereocenters. The molecule has 0 aliphatic carbocycles. The highest BCUT2D eigenvalue weighted by Gasteiger charge is 2.05. The van der Waals surface area contributed by atoms with Crippen LogP contribution in [0.4, 0.5) is 4.39 Å². The van der Waals surface area contributed by atoms with E-state index in [9.17, 15) is 4.39 Å². The van der Waals surface area contributed by atoms with Crippen molar-refractivity contribution in [3.05, 3.63) is 62.8 Å². The molecule has 0 aliphatic heterocycles. The number of hydrogen-bond donors (Lipinski definition) is 0. The minimum atomic E-state index is -0.272. The number of rotatable bonds is 3. The average molecular weight is 360 g/mol. The van der Waals surface area contributed by atoms with Gasteiger partial charge in [-0.05, 0) is 40.2 Å². The molecule has 0 spiro atoms. The van der Waals surface area contributed by atoms with Crippen molar-refractivity contribution in [3.8, 4) is 5.75 Å². The summed E-state index contributed by atoms with van der Waals surface area (Å²) < 4.78 is 20.7. The predicted octanol–water partition coefficient (Wildman–Crippen LogP) is 4.93. The molecule has 0 saturated carbocycles. The third-order valence-corrected chi connectivity index (χ3v) is 3.38. The summed E-state index contributed by atoms with van der Waals surface area (Å²) in [5.74, 6) is 0.432. The van der Waals surface area contributed by atoms with Crippen LogP contribution >= 0.6 is 31.9 Å². The van der Waals surface area contributed by atoms with Crippen LogP contribution in [0.25, 0.3) is 0 Å². The van der Waals surface area contributed by atoms with E-state index in [0.717, 1.165) is 8.95 Å². The molecule has 2 aromatic carbocycles. The first-order chi connectivity index (χ1) is 8.16. The number of ether oxygens (including phenoxy) is 1. The van der Waals surface area contributed by atoms with Gasteiger partial charge >= 0.3 is 0 Å². The maximum absolute atomic E-state index is 13.5. The SMILES string of the molecule is Fc1cc(Br)ccc1COc1ccccc1Br. The standard InChI is InChI=1S/C13H9Br2FO/c14-10-6-5-9(12(16)7-10)8-17-13-4-2-1-3-11(13)15/h1-7H,8H2. The van der Waals surface area contributed by atoms with Crippen LogP contribution < -0.4 is 4.74 Å². The van der Waals surface area contributed by atoms with Gasteiger partial charge in [-0.2, -0.15) is 0 Å². The molecule has 0 amide bonds.